The largest absolute Gasteiger partial charge is 0.504 e. The van der Waals surface area contributed by atoms with Crippen LogP contribution in [-0.2, 0) is 20.7 Å². The number of phenols is 4. The predicted octanol–water partition coefficient (Wildman–Crippen LogP) is 2.23. The van der Waals surface area contributed by atoms with E-state index in [2.05, 4.69) is 10.6 Å². The minimum absolute atomic E-state index is 0.00156. The van der Waals surface area contributed by atoms with Gasteiger partial charge in [-0.05, 0) is 68.0 Å². The summed E-state index contributed by atoms with van der Waals surface area (Å²) in [5, 5.41) is 43.3. The lowest BCUT2D eigenvalue weighted by molar-refractivity contribution is -0.152. The molecule has 0 unspecified atom stereocenters. The number of hydrogen-bond donors (Lipinski definition) is 6. The normalized spacial score (nSPS) is 14.6. The maximum Gasteiger partial charge on any atom is 0.308 e. The van der Waals surface area contributed by atoms with Gasteiger partial charge in [-0.15, -0.1) is 0 Å². The van der Waals surface area contributed by atoms with Crippen molar-refractivity contribution in [2.75, 3.05) is 6.54 Å². The van der Waals surface area contributed by atoms with Crippen LogP contribution in [0.3, 0.4) is 0 Å². The second-order valence-electron chi connectivity index (χ2n) is 8.55. The van der Waals surface area contributed by atoms with E-state index in [4.69, 9.17) is 4.74 Å². The highest BCUT2D eigenvalue weighted by Crippen LogP contribution is 2.26. The number of benzene rings is 2. The van der Waals surface area contributed by atoms with Crippen molar-refractivity contribution in [1.29, 1.82) is 0 Å². The smallest absolute Gasteiger partial charge is 0.308 e. The number of rotatable bonds is 9. The lowest BCUT2D eigenvalue weighted by Crippen LogP contribution is -2.48. The Bertz CT molecular complexity index is 1070. The molecule has 1 saturated carbocycles. The summed E-state index contributed by atoms with van der Waals surface area (Å²) < 4.78 is 5.50. The number of aromatic hydroxyl groups is 4. The first-order valence-corrected chi connectivity index (χ1v) is 11.5. The van der Waals surface area contributed by atoms with E-state index >= 15 is 0 Å². The van der Waals surface area contributed by atoms with Crippen LogP contribution in [0.5, 0.6) is 23.0 Å². The third-order valence-corrected chi connectivity index (χ3v) is 5.83. The van der Waals surface area contributed by atoms with Crippen molar-refractivity contribution in [3.63, 3.8) is 0 Å². The summed E-state index contributed by atoms with van der Waals surface area (Å²) in [6.45, 7) is 0.146. The lowest BCUT2D eigenvalue weighted by Gasteiger charge is -2.23. The molecule has 35 heavy (non-hydrogen) atoms. The van der Waals surface area contributed by atoms with E-state index in [0.717, 1.165) is 44.2 Å². The topological polar surface area (TPSA) is 165 Å². The highest BCUT2D eigenvalue weighted by molar-refractivity contribution is 5.99. The summed E-state index contributed by atoms with van der Waals surface area (Å²) in [5.74, 6) is -3.34. The number of ether oxygens (including phenoxy) is 1. The summed E-state index contributed by atoms with van der Waals surface area (Å²) in [6.07, 6.45) is 4.31. The molecule has 10 nitrogen and oxygen atoms in total. The molecular formula is C25H30N2O8. The van der Waals surface area contributed by atoms with Crippen molar-refractivity contribution in [3.8, 4) is 23.0 Å². The second kappa shape index (κ2) is 12.0. The molecule has 10 heteroatoms. The van der Waals surface area contributed by atoms with Crippen LogP contribution in [0, 0.1) is 0 Å². The van der Waals surface area contributed by atoms with Gasteiger partial charge >= 0.3 is 5.97 Å². The maximum atomic E-state index is 12.9. The van der Waals surface area contributed by atoms with Crippen LogP contribution in [0.25, 0.3) is 0 Å². The van der Waals surface area contributed by atoms with Gasteiger partial charge in [0, 0.05) is 12.1 Å². The molecule has 0 radical (unpaired) electrons. The highest BCUT2D eigenvalue weighted by Gasteiger charge is 2.27. The SMILES string of the molecule is O=C(C[C@H](NC(=O)c1ccc(O)c(O)c1)C(=O)NCCc1ccc(O)c(O)c1)OC1CCCCC1. The van der Waals surface area contributed by atoms with Gasteiger partial charge in [-0.3, -0.25) is 14.4 Å². The van der Waals surface area contributed by atoms with Gasteiger partial charge in [-0.2, -0.15) is 0 Å². The van der Waals surface area contributed by atoms with E-state index in [1.807, 2.05) is 0 Å². The summed E-state index contributed by atoms with van der Waals surface area (Å²) in [7, 11) is 0. The van der Waals surface area contributed by atoms with Crippen LogP contribution < -0.4 is 10.6 Å². The summed E-state index contributed by atoms with van der Waals surface area (Å²) in [6, 6.07) is 6.54. The van der Waals surface area contributed by atoms with Gasteiger partial charge in [0.05, 0.1) is 6.42 Å². The van der Waals surface area contributed by atoms with E-state index < -0.39 is 35.3 Å². The van der Waals surface area contributed by atoms with E-state index in [1.54, 1.807) is 6.07 Å². The minimum Gasteiger partial charge on any atom is -0.504 e. The molecule has 0 heterocycles. The Morgan fingerprint density at radius 1 is 0.886 bits per heavy atom. The zero-order valence-corrected chi connectivity index (χ0v) is 19.2. The molecule has 2 amide bonds. The third-order valence-electron chi connectivity index (χ3n) is 5.83. The highest BCUT2D eigenvalue weighted by atomic mass is 16.5. The van der Waals surface area contributed by atoms with E-state index in [0.29, 0.717) is 12.0 Å². The van der Waals surface area contributed by atoms with Gasteiger partial charge in [0.2, 0.25) is 5.91 Å². The van der Waals surface area contributed by atoms with Gasteiger partial charge in [0.15, 0.2) is 23.0 Å². The first-order valence-electron chi connectivity index (χ1n) is 11.5. The quantitative estimate of drug-likeness (QED) is 0.232. The van der Waals surface area contributed by atoms with E-state index in [1.165, 1.54) is 18.2 Å². The predicted molar refractivity (Wildman–Crippen MR) is 125 cm³/mol. The molecule has 3 rings (SSSR count). The van der Waals surface area contributed by atoms with Crippen molar-refractivity contribution < 1.29 is 39.5 Å². The number of esters is 1. The van der Waals surface area contributed by atoms with Crippen LogP contribution >= 0.6 is 0 Å². The van der Waals surface area contributed by atoms with Crippen molar-refractivity contribution in [2.24, 2.45) is 0 Å². The molecule has 0 spiro atoms. The van der Waals surface area contributed by atoms with E-state index in [-0.39, 0.29) is 36.1 Å². The number of carbonyl (C=O) groups is 3. The van der Waals surface area contributed by atoms with Crippen LogP contribution in [0.4, 0.5) is 0 Å². The number of carbonyl (C=O) groups excluding carboxylic acids is 3. The molecule has 1 aliphatic rings. The molecule has 0 aromatic heterocycles. The zero-order valence-electron chi connectivity index (χ0n) is 19.2. The first kappa shape index (κ1) is 25.7. The molecule has 2 aromatic carbocycles. The third kappa shape index (κ3) is 7.53. The Hall–Kier alpha value is -3.95. The fourth-order valence-electron chi connectivity index (χ4n) is 3.88. The Morgan fingerprint density at radius 2 is 1.54 bits per heavy atom. The fourth-order valence-corrected chi connectivity index (χ4v) is 3.88. The summed E-state index contributed by atoms with van der Waals surface area (Å²) in [5.41, 5.74) is 0.663. The molecule has 1 aliphatic carbocycles. The number of phenolic OH excluding ortho intramolecular Hbond substituents is 4. The standard InChI is InChI=1S/C25H30N2O8/c28-19-8-6-15(12-21(19)30)10-11-26-25(34)18(14-23(32)35-17-4-2-1-3-5-17)27-24(33)16-7-9-20(29)22(31)13-16/h6-9,12-13,17-18,28-31H,1-5,10-11,14H2,(H,26,34)(H,27,33)/t18-/m0/s1. The zero-order chi connectivity index (χ0) is 25.4. The minimum atomic E-state index is -1.23. The Labute approximate surface area is 202 Å². The number of hydrogen-bond acceptors (Lipinski definition) is 8. The lowest BCUT2D eigenvalue weighted by atomic mass is 9.98. The molecule has 0 saturated heterocycles. The average Bonchev–Trinajstić information content (AvgIpc) is 2.83. The van der Waals surface area contributed by atoms with Crippen LogP contribution in [0.2, 0.25) is 0 Å². The molecule has 0 aliphatic heterocycles. The Morgan fingerprint density at radius 3 is 2.20 bits per heavy atom. The van der Waals surface area contributed by atoms with Crippen molar-refractivity contribution in [1.82, 2.24) is 10.6 Å². The molecule has 2 aromatic rings. The van der Waals surface area contributed by atoms with Gasteiger partial charge in [-0.1, -0.05) is 12.5 Å². The molecular weight excluding hydrogens is 456 g/mol. The summed E-state index contributed by atoms with van der Waals surface area (Å²) >= 11 is 0. The molecule has 1 atom stereocenters. The molecule has 188 valence electrons. The molecule has 1 fully saturated rings. The first-order chi connectivity index (χ1) is 16.7. The van der Waals surface area contributed by atoms with Gasteiger partial charge in [0.25, 0.3) is 5.91 Å². The van der Waals surface area contributed by atoms with Crippen LogP contribution in [0.15, 0.2) is 36.4 Å². The van der Waals surface area contributed by atoms with Crippen molar-refractivity contribution in [2.45, 2.75) is 57.1 Å². The Balaban J connectivity index is 1.64. The summed E-state index contributed by atoms with van der Waals surface area (Å²) in [4.78, 5) is 38.1. The van der Waals surface area contributed by atoms with Crippen LogP contribution in [0.1, 0.15) is 54.4 Å². The van der Waals surface area contributed by atoms with Crippen LogP contribution in [-0.4, -0.2) is 56.9 Å². The number of nitrogens with one attached hydrogen (secondary N) is 2. The maximum absolute atomic E-state index is 12.9. The molecule has 0 bridgehead atoms. The monoisotopic (exact) mass is 486 g/mol. The average molecular weight is 487 g/mol. The van der Waals surface area contributed by atoms with Gasteiger partial charge < -0.3 is 35.8 Å². The number of amides is 2. The van der Waals surface area contributed by atoms with Gasteiger partial charge in [0.1, 0.15) is 12.1 Å². The van der Waals surface area contributed by atoms with Crippen molar-refractivity contribution >= 4 is 17.8 Å². The van der Waals surface area contributed by atoms with Gasteiger partial charge in [-0.25, -0.2) is 0 Å². The fraction of sp³-hybridized carbons (Fsp3) is 0.400. The van der Waals surface area contributed by atoms with E-state index in [9.17, 15) is 34.8 Å². The molecule has 6 N–H and O–H groups in total. The van der Waals surface area contributed by atoms with Crippen molar-refractivity contribution in [3.05, 3.63) is 47.5 Å². The Kier molecular flexibility index (Phi) is 8.77. The second-order valence-corrected chi connectivity index (χ2v) is 8.55.